The molecule has 0 aromatic heterocycles. The van der Waals surface area contributed by atoms with Crippen LogP contribution in [-0.2, 0) is 20.8 Å². The molecule has 1 fully saturated rings. The maximum Gasteiger partial charge on any atom is 0.242 e. The number of carbonyl (C=O) groups excluding carboxylic acids is 3. The molecule has 1 aromatic rings. The Labute approximate surface area is 123 Å². The first-order chi connectivity index (χ1) is 10.2. The molecule has 6 nitrogen and oxygen atoms in total. The molecule has 2 rings (SSSR count). The fourth-order valence-electron chi connectivity index (χ4n) is 2.21. The highest BCUT2D eigenvalue weighted by Gasteiger charge is 2.20. The summed E-state index contributed by atoms with van der Waals surface area (Å²) in [5.41, 5.74) is 0.919. The molecular formula is C15H19N3O3. The Kier molecular flexibility index (Phi) is 5.31. The molecule has 0 atom stereocenters. The van der Waals surface area contributed by atoms with Crippen LogP contribution < -0.4 is 5.32 Å². The Morgan fingerprint density at radius 1 is 1.10 bits per heavy atom. The number of piperazine rings is 1. The molecule has 1 saturated heterocycles. The van der Waals surface area contributed by atoms with Crippen molar-refractivity contribution in [3.05, 3.63) is 35.9 Å². The lowest BCUT2D eigenvalue weighted by atomic mass is 10.1. The third-order valence-corrected chi connectivity index (χ3v) is 3.46. The van der Waals surface area contributed by atoms with Crippen molar-refractivity contribution in [2.45, 2.75) is 6.42 Å². The van der Waals surface area contributed by atoms with Gasteiger partial charge in [-0.05, 0) is 5.56 Å². The molecule has 0 spiro atoms. The zero-order chi connectivity index (χ0) is 15.1. The molecule has 0 saturated carbocycles. The zero-order valence-corrected chi connectivity index (χ0v) is 11.8. The van der Waals surface area contributed by atoms with E-state index >= 15 is 0 Å². The van der Waals surface area contributed by atoms with Gasteiger partial charge < -0.3 is 15.1 Å². The quantitative estimate of drug-likeness (QED) is 0.753. The average Bonchev–Trinajstić information content (AvgIpc) is 2.53. The zero-order valence-electron chi connectivity index (χ0n) is 11.8. The van der Waals surface area contributed by atoms with Crippen molar-refractivity contribution in [3.8, 4) is 0 Å². The molecule has 0 radical (unpaired) electrons. The van der Waals surface area contributed by atoms with E-state index in [1.54, 1.807) is 9.80 Å². The predicted molar refractivity (Wildman–Crippen MR) is 77.4 cm³/mol. The van der Waals surface area contributed by atoms with Crippen molar-refractivity contribution in [1.82, 2.24) is 15.1 Å². The maximum atomic E-state index is 12.0. The first-order valence-corrected chi connectivity index (χ1v) is 6.97. The van der Waals surface area contributed by atoms with Gasteiger partial charge >= 0.3 is 0 Å². The average molecular weight is 289 g/mol. The molecule has 21 heavy (non-hydrogen) atoms. The summed E-state index contributed by atoms with van der Waals surface area (Å²) in [5.74, 6) is -0.275. The minimum atomic E-state index is -0.166. The van der Waals surface area contributed by atoms with Gasteiger partial charge in [0.25, 0.3) is 0 Å². The predicted octanol–water partition coefficient (Wildman–Crippen LogP) is -0.354. The molecule has 1 heterocycles. The van der Waals surface area contributed by atoms with Crippen molar-refractivity contribution < 1.29 is 14.4 Å². The van der Waals surface area contributed by atoms with Gasteiger partial charge in [0.2, 0.25) is 18.2 Å². The summed E-state index contributed by atoms with van der Waals surface area (Å²) in [6.45, 7) is 2.14. The standard InChI is InChI=1S/C15H19N3O3/c19-12-17-6-8-18(9-7-17)15(21)11-16-14(20)10-13-4-2-1-3-5-13/h1-5,12H,6-11H2,(H,16,20). The van der Waals surface area contributed by atoms with Crippen LogP contribution in [0.4, 0.5) is 0 Å². The highest BCUT2D eigenvalue weighted by molar-refractivity contribution is 5.85. The van der Waals surface area contributed by atoms with Crippen LogP contribution in [0.2, 0.25) is 0 Å². The molecule has 112 valence electrons. The van der Waals surface area contributed by atoms with E-state index in [0.29, 0.717) is 26.2 Å². The van der Waals surface area contributed by atoms with Crippen LogP contribution in [0.5, 0.6) is 0 Å². The summed E-state index contributed by atoms with van der Waals surface area (Å²) in [6, 6.07) is 9.39. The second kappa shape index (κ2) is 7.42. The Bertz CT molecular complexity index is 496. The Balaban J connectivity index is 1.71. The van der Waals surface area contributed by atoms with E-state index in [9.17, 15) is 14.4 Å². The second-order valence-electron chi connectivity index (χ2n) is 4.96. The molecule has 0 aliphatic carbocycles. The molecule has 1 aliphatic rings. The normalized spacial score (nSPS) is 14.7. The van der Waals surface area contributed by atoms with E-state index in [-0.39, 0.29) is 24.8 Å². The van der Waals surface area contributed by atoms with Crippen molar-refractivity contribution in [2.75, 3.05) is 32.7 Å². The van der Waals surface area contributed by atoms with Crippen LogP contribution in [0.25, 0.3) is 0 Å². The summed E-state index contributed by atoms with van der Waals surface area (Å²) < 4.78 is 0. The van der Waals surface area contributed by atoms with Gasteiger partial charge in [-0.3, -0.25) is 14.4 Å². The molecule has 0 bridgehead atoms. The monoisotopic (exact) mass is 289 g/mol. The van der Waals surface area contributed by atoms with E-state index in [2.05, 4.69) is 5.32 Å². The van der Waals surface area contributed by atoms with Crippen LogP contribution >= 0.6 is 0 Å². The number of benzene rings is 1. The highest BCUT2D eigenvalue weighted by Crippen LogP contribution is 2.01. The van der Waals surface area contributed by atoms with E-state index < -0.39 is 0 Å². The molecule has 1 aliphatic heterocycles. The summed E-state index contributed by atoms with van der Waals surface area (Å²) in [5, 5.41) is 2.64. The van der Waals surface area contributed by atoms with Crippen molar-refractivity contribution in [1.29, 1.82) is 0 Å². The van der Waals surface area contributed by atoms with Gasteiger partial charge in [0.05, 0.1) is 13.0 Å². The Hall–Kier alpha value is -2.37. The van der Waals surface area contributed by atoms with Crippen molar-refractivity contribution in [2.24, 2.45) is 0 Å². The van der Waals surface area contributed by atoms with Gasteiger partial charge in [0.15, 0.2) is 0 Å². The van der Waals surface area contributed by atoms with Crippen molar-refractivity contribution >= 4 is 18.2 Å². The second-order valence-corrected chi connectivity index (χ2v) is 4.96. The largest absolute Gasteiger partial charge is 0.347 e. The number of nitrogens with one attached hydrogen (secondary N) is 1. The van der Waals surface area contributed by atoms with E-state index in [1.165, 1.54) is 0 Å². The lowest BCUT2D eigenvalue weighted by Gasteiger charge is -2.32. The summed E-state index contributed by atoms with van der Waals surface area (Å²) in [4.78, 5) is 37.6. The maximum absolute atomic E-state index is 12.0. The first-order valence-electron chi connectivity index (χ1n) is 6.97. The SMILES string of the molecule is O=CN1CCN(C(=O)CNC(=O)Cc2ccccc2)CC1. The van der Waals surface area contributed by atoms with Crippen molar-refractivity contribution in [3.63, 3.8) is 0 Å². The van der Waals surface area contributed by atoms with Crippen LogP contribution in [0.15, 0.2) is 30.3 Å². The topological polar surface area (TPSA) is 69.7 Å². The molecule has 1 N–H and O–H groups in total. The van der Waals surface area contributed by atoms with E-state index in [4.69, 9.17) is 0 Å². The van der Waals surface area contributed by atoms with Gasteiger partial charge in [0.1, 0.15) is 0 Å². The minimum Gasteiger partial charge on any atom is -0.347 e. The van der Waals surface area contributed by atoms with Gasteiger partial charge in [-0.1, -0.05) is 30.3 Å². The van der Waals surface area contributed by atoms with Crippen LogP contribution in [0.1, 0.15) is 5.56 Å². The molecule has 1 aromatic carbocycles. The number of rotatable bonds is 5. The van der Waals surface area contributed by atoms with Gasteiger partial charge in [-0.15, -0.1) is 0 Å². The molecule has 6 heteroatoms. The summed E-state index contributed by atoms with van der Waals surface area (Å²) in [6.07, 6.45) is 1.07. The fraction of sp³-hybridized carbons (Fsp3) is 0.400. The molecule has 0 unspecified atom stereocenters. The number of carbonyl (C=O) groups is 3. The highest BCUT2D eigenvalue weighted by atomic mass is 16.2. The summed E-state index contributed by atoms with van der Waals surface area (Å²) >= 11 is 0. The number of amides is 3. The van der Waals surface area contributed by atoms with Gasteiger partial charge in [0, 0.05) is 26.2 Å². The smallest absolute Gasteiger partial charge is 0.242 e. The van der Waals surface area contributed by atoms with Crippen LogP contribution in [0.3, 0.4) is 0 Å². The van der Waals surface area contributed by atoms with Gasteiger partial charge in [-0.25, -0.2) is 0 Å². The first kappa shape index (κ1) is 15.0. The van der Waals surface area contributed by atoms with Crippen LogP contribution in [-0.4, -0.2) is 60.7 Å². The molecular weight excluding hydrogens is 270 g/mol. The Morgan fingerprint density at radius 2 is 1.76 bits per heavy atom. The number of hydrogen-bond acceptors (Lipinski definition) is 3. The van der Waals surface area contributed by atoms with E-state index in [1.807, 2.05) is 30.3 Å². The minimum absolute atomic E-state index is 0.00670. The fourth-order valence-corrected chi connectivity index (χ4v) is 2.21. The van der Waals surface area contributed by atoms with Crippen LogP contribution in [0, 0.1) is 0 Å². The Morgan fingerprint density at radius 3 is 2.38 bits per heavy atom. The lowest BCUT2D eigenvalue weighted by Crippen LogP contribution is -2.50. The number of hydrogen-bond donors (Lipinski definition) is 1. The molecule has 3 amide bonds. The third kappa shape index (κ3) is 4.59. The van der Waals surface area contributed by atoms with E-state index in [0.717, 1.165) is 12.0 Å². The summed E-state index contributed by atoms with van der Waals surface area (Å²) in [7, 11) is 0. The number of nitrogens with zero attached hydrogens (tertiary/aromatic N) is 2. The van der Waals surface area contributed by atoms with Gasteiger partial charge in [-0.2, -0.15) is 0 Å². The lowest BCUT2D eigenvalue weighted by molar-refractivity contribution is -0.135. The third-order valence-electron chi connectivity index (χ3n) is 3.46.